The molecule has 0 aliphatic carbocycles. The number of para-hydroxylation sites is 2. The summed E-state index contributed by atoms with van der Waals surface area (Å²) in [4.78, 5) is 12.4. The number of pyridine rings is 2. The zero-order chi connectivity index (χ0) is 37.6. The van der Waals surface area contributed by atoms with Crippen molar-refractivity contribution in [3.05, 3.63) is 162 Å². The summed E-state index contributed by atoms with van der Waals surface area (Å²) in [5.41, 5.74) is 14.3. The van der Waals surface area contributed by atoms with E-state index in [1.807, 2.05) is 18.5 Å². The predicted molar refractivity (Wildman–Crippen MR) is 228 cm³/mol. The molecule has 5 nitrogen and oxygen atoms in total. The van der Waals surface area contributed by atoms with Crippen LogP contribution in [0.2, 0.25) is 0 Å². The third kappa shape index (κ3) is 4.24. The van der Waals surface area contributed by atoms with Crippen molar-refractivity contribution in [2.24, 2.45) is 0 Å². The Hall–Kier alpha value is -6.20. The van der Waals surface area contributed by atoms with E-state index in [0.29, 0.717) is 0 Å². The maximum absolute atomic E-state index is 5.12. The van der Waals surface area contributed by atoms with Gasteiger partial charge in [-0.05, 0) is 88.3 Å². The van der Waals surface area contributed by atoms with Crippen LogP contribution in [0.15, 0.2) is 134 Å². The van der Waals surface area contributed by atoms with Gasteiger partial charge in [0.15, 0.2) is 0 Å². The zero-order valence-electron chi connectivity index (χ0n) is 32.4. The molecule has 9 aromatic rings. The molecule has 11 rings (SSSR count). The topological polar surface area (TPSA) is 38.9 Å². The zero-order valence-corrected chi connectivity index (χ0v) is 32.4. The van der Waals surface area contributed by atoms with Crippen molar-refractivity contribution >= 4 is 60.7 Å². The predicted octanol–water partition coefficient (Wildman–Crippen LogP) is 12.7. The number of benzene rings is 5. The largest absolute Gasteiger partial charge is 0.310 e. The summed E-state index contributed by atoms with van der Waals surface area (Å²) in [6, 6.07) is 45.0. The van der Waals surface area contributed by atoms with Gasteiger partial charge in [0.2, 0.25) is 0 Å². The Morgan fingerprint density at radius 2 is 1.20 bits per heavy atom. The summed E-state index contributed by atoms with van der Waals surface area (Å²) in [5.74, 6) is 1.93. The molecule has 0 atom stereocenters. The van der Waals surface area contributed by atoms with Crippen LogP contribution in [0.1, 0.15) is 76.3 Å². The molecule has 0 spiro atoms. The smallest absolute Gasteiger partial charge is 0.141 e. The van der Waals surface area contributed by atoms with E-state index in [0.717, 1.165) is 28.4 Å². The fourth-order valence-corrected chi connectivity index (χ4v) is 9.78. The normalized spacial score (nSPS) is 15.4. The molecule has 2 aliphatic heterocycles. The van der Waals surface area contributed by atoms with Crippen LogP contribution >= 0.6 is 0 Å². The Labute approximate surface area is 321 Å². The van der Waals surface area contributed by atoms with Gasteiger partial charge in [0, 0.05) is 56.0 Å². The van der Waals surface area contributed by atoms with Gasteiger partial charge in [0.05, 0.1) is 33.4 Å². The summed E-state index contributed by atoms with van der Waals surface area (Å²) in [6.07, 6.45) is 3.82. The lowest BCUT2D eigenvalue weighted by molar-refractivity contribution is 0.581. The fraction of sp³-hybridized carbons (Fsp3) is 0.200. The molecular formula is C50H43N5. The number of fused-ring (bicyclic) bond motifs is 10. The number of hydrogen-bond acceptors (Lipinski definition) is 3. The Balaban J connectivity index is 1.26. The molecule has 0 saturated carbocycles. The number of nitrogens with zero attached hydrogens (tertiary/aromatic N) is 5. The van der Waals surface area contributed by atoms with E-state index in [2.05, 4.69) is 178 Å². The van der Waals surface area contributed by atoms with Crippen LogP contribution in [0.25, 0.3) is 55.2 Å². The first-order valence-electron chi connectivity index (χ1n) is 19.4. The number of anilines is 3. The molecule has 5 aromatic carbocycles. The second-order valence-corrected chi connectivity index (χ2v) is 17.6. The van der Waals surface area contributed by atoms with Gasteiger partial charge in [0.1, 0.15) is 11.6 Å². The van der Waals surface area contributed by atoms with Crippen molar-refractivity contribution in [3.63, 3.8) is 0 Å². The van der Waals surface area contributed by atoms with Crippen LogP contribution < -0.4 is 4.90 Å². The van der Waals surface area contributed by atoms with Gasteiger partial charge in [-0.3, -0.25) is 9.13 Å². The molecule has 4 aromatic heterocycles. The quantitative estimate of drug-likeness (QED) is 0.179. The first-order chi connectivity index (χ1) is 26.4. The first kappa shape index (κ1) is 32.2. The van der Waals surface area contributed by atoms with Gasteiger partial charge < -0.3 is 4.90 Å². The minimum Gasteiger partial charge on any atom is -0.310 e. The molecule has 268 valence electrons. The summed E-state index contributed by atoms with van der Waals surface area (Å²) in [6.45, 7) is 16.5. The average Bonchev–Trinajstić information content (AvgIpc) is 3.69. The summed E-state index contributed by atoms with van der Waals surface area (Å²) < 4.78 is 4.77. The van der Waals surface area contributed by atoms with Crippen molar-refractivity contribution < 1.29 is 0 Å². The van der Waals surface area contributed by atoms with Crippen molar-refractivity contribution in [2.45, 2.75) is 64.7 Å². The minimum absolute atomic E-state index is 0.00991. The second-order valence-electron chi connectivity index (χ2n) is 17.6. The molecule has 0 bridgehead atoms. The van der Waals surface area contributed by atoms with Crippen LogP contribution in [0.4, 0.5) is 17.1 Å². The molecule has 5 heteroatoms. The minimum atomic E-state index is -0.252. The van der Waals surface area contributed by atoms with Crippen molar-refractivity contribution in [1.82, 2.24) is 19.1 Å². The molecule has 55 heavy (non-hydrogen) atoms. The van der Waals surface area contributed by atoms with Crippen molar-refractivity contribution in [3.8, 4) is 11.6 Å². The highest BCUT2D eigenvalue weighted by molar-refractivity contribution is 6.14. The number of rotatable bonds is 2. The van der Waals surface area contributed by atoms with Crippen molar-refractivity contribution in [1.29, 1.82) is 0 Å². The van der Waals surface area contributed by atoms with Crippen LogP contribution in [0, 0.1) is 0 Å². The molecule has 0 N–H and O–H groups in total. The first-order valence-corrected chi connectivity index (χ1v) is 19.4. The maximum atomic E-state index is 5.12. The van der Waals surface area contributed by atoms with Gasteiger partial charge >= 0.3 is 0 Å². The number of hydrogen-bond donors (Lipinski definition) is 0. The standard InChI is InChI=1S/C50H43N5/c1-48(2,3)30-25-35-34-28-38-44(29-43(34)55-46(35)39(26-30)50(6,7)37-17-14-24-52-47(37)55)53(41-19-11-9-16-36(41)49(38,4)5)31-21-22-33-32-15-8-10-18-40(32)54(42(33)27-31)45-20-12-13-23-51-45/h8-29H,1-7H3. The third-order valence-electron chi connectivity index (χ3n) is 12.7. The monoisotopic (exact) mass is 713 g/mol. The lowest BCUT2D eigenvalue weighted by Crippen LogP contribution is -2.30. The Bertz CT molecular complexity index is 3080. The van der Waals surface area contributed by atoms with Crippen LogP contribution in [0.3, 0.4) is 0 Å². The molecular weight excluding hydrogens is 671 g/mol. The Kier molecular flexibility index (Phi) is 6.29. The van der Waals surface area contributed by atoms with E-state index in [-0.39, 0.29) is 16.2 Å². The summed E-state index contributed by atoms with van der Waals surface area (Å²) in [5, 5.41) is 5.00. The fourth-order valence-electron chi connectivity index (χ4n) is 9.78. The van der Waals surface area contributed by atoms with E-state index >= 15 is 0 Å². The van der Waals surface area contributed by atoms with E-state index in [1.54, 1.807) is 0 Å². The molecule has 0 saturated heterocycles. The van der Waals surface area contributed by atoms with Crippen LogP contribution in [-0.4, -0.2) is 19.1 Å². The summed E-state index contributed by atoms with van der Waals surface area (Å²) in [7, 11) is 0. The van der Waals surface area contributed by atoms with E-state index < -0.39 is 0 Å². The lowest BCUT2D eigenvalue weighted by Gasteiger charge is -2.42. The van der Waals surface area contributed by atoms with Crippen molar-refractivity contribution in [2.75, 3.05) is 4.90 Å². The lowest BCUT2D eigenvalue weighted by atomic mass is 9.72. The second kappa shape index (κ2) is 10.7. The summed E-state index contributed by atoms with van der Waals surface area (Å²) >= 11 is 0. The SMILES string of the molecule is CC(C)(C)c1cc2c3c(c1)c1cc4c(cc1n3-c1ncccc1C2(C)C)N(c1ccc2c3ccccc3n(-c3ccccn3)c2c1)c1ccccc1C4(C)C. The van der Waals surface area contributed by atoms with Gasteiger partial charge in [-0.2, -0.15) is 0 Å². The number of aromatic nitrogens is 4. The van der Waals surface area contributed by atoms with Crippen LogP contribution in [-0.2, 0) is 16.2 Å². The highest BCUT2D eigenvalue weighted by Gasteiger charge is 2.41. The van der Waals surface area contributed by atoms with Gasteiger partial charge in [-0.1, -0.05) is 109 Å². The third-order valence-corrected chi connectivity index (χ3v) is 12.7. The molecule has 0 unspecified atom stereocenters. The molecule has 6 heterocycles. The van der Waals surface area contributed by atoms with Gasteiger partial charge in [-0.25, -0.2) is 9.97 Å². The molecule has 0 radical (unpaired) electrons. The molecule has 0 amide bonds. The molecule has 0 fully saturated rings. The maximum Gasteiger partial charge on any atom is 0.141 e. The van der Waals surface area contributed by atoms with E-state index in [4.69, 9.17) is 9.97 Å². The molecule has 2 aliphatic rings. The Morgan fingerprint density at radius 1 is 0.491 bits per heavy atom. The van der Waals surface area contributed by atoms with E-state index in [1.165, 1.54) is 71.8 Å². The van der Waals surface area contributed by atoms with E-state index in [9.17, 15) is 0 Å². The Morgan fingerprint density at radius 3 is 2.02 bits per heavy atom. The van der Waals surface area contributed by atoms with Gasteiger partial charge in [0.25, 0.3) is 0 Å². The average molecular weight is 714 g/mol. The van der Waals surface area contributed by atoms with Gasteiger partial charge in [-0.15, -0.1) is 0 Å². The van der Waals surface area contributed by atoms with Crippen LogP contribution in [0.5, 0.6) is 0 Å². The highest BCUT2D eigenvalue weighted by Crippen LogP contribution is 2.56. The highest BCUT2D eigenvalue weighted by atomic mass is 15.2.